The van der Waals surface area contributed by atoms with Crippen molar-refractivity contribution >= 4 is 11.6 Å². The normalized spacial score (nSPS) is 14.2. The van der Waals surface area contributed by atoms with Crippen LogP contribution in [0.4, 0.5) is 4.39 Å². The highest BCUT2D eigenvalue weighted by Crippen LogP contribution is 2.32. The molecule has 1 aromatic carbocycles. The average Bonchev–Trinajstić information content (AvgIpc) is 2.41. The highest BCUT2D eigenvalue weighted by molar-refractivity contribution is 6.30. The van der Waals surface area contributed by atoms with E-state index in [9.17, 15) is 9.50 Å². The Kier molecular flexibility index (Phi) is 3.94. The summed E-state index contributed by atoms with van der Waals surface area (Å²) in [6, 6.07) is 10.0. The summed E-state index contributed by atoms with van der Waals surface area (Å²) in [5.41, 5.74) is 0.907. The maximum atomic E-state index is 13.8. The van der Waals surface area contributed by atoms with Crippen molar-refractivity contribution < 1.29 is 9.50 Å². The summed E-state index contributed by atoms with van der Waals surface area (Å²) < 4.78 is 13.8. The lowest BCUT2D eigenvalue weighted by Crippen LogP contribution is -2.10. The molecule has 0 amide bonds. The molecule has 0 aliphatic heterocycles. The Morgan fingerprint density at radius 1 is 1.22 bits per heavy atom. The van der Waals surface area contributed by atoms with Gasteiger partial charge in [-0.05, 0) is 18.2 Å². The van der Waals surface area contributed by atoms with E-state index < -0.39 is 11.9 Å². The summed E-state index contributed by atoms with van der Waals surface area (Å²) in [6.45, 7) is 1.80. The molecular weight excluding hydrogens is 253 g/mol. The Morgan fingerprint density at radius 3 is 2.67 bits per heavy atom. The number of aromatic nitrogens is 1. The van der Waals surface area contributed by atoms with Crippen LogP contribution in [0, 0.1) is 5.82 Å². The molecule has 94 valence electrons. The molecule has 1 aromatic heterocycles. The van der Waals surface area contributed by atoms with Crippen LogP contribution in [-0.2, 0) is 0 Å². The summed E-state index contributed by atoms with van der Waals surface area (Å²) in [5.74, 6) is -0.881. The van der Waals surface area contributed by atoms with Crippen LogP contribution in [0.15, 0.2) is 42.6 Å². The van der Waals surface area contributed by atoms with Crippen molar-refractivity contribution in [3.05, 3.63) is 64.7 Å². The summed E-state index contributed by atoms with van der Waals surface area (Å²) in [5, 5.41) is 10.2. The fraction of sp³-hybridized carbons (Fsp3) is 0.214. The molecule has 0 aliphatic carbocycles. The first kappa shape index (κ1) is 13.0. The number of hydrogen-bond acceptors (Lipinski definition) is 2. The molecule has 2 aromatic rings. The molecule has 2 rings (SSSR count). The van der Waals surface area contributed by atoms with Crippen LogP contribution in [0.5, 0.6) is 0 Å². The molecule has 18 heavy (non-hydrogen) atoms. The van der Waals surface area contributed by atoms with Gasteiger partial charge in [0, 0.05) is 23.4 Å². The number of pyridine rings is 1. The third-order valence-corrected chi connectivity index (χ3v) is 3.22. The van der Waals surface area contributed by atoms with Gasteiger partial charge in [-0.1, -0.05) is 36.7 Å². The fourth-order valence-electron chi connectivity index (χ4n) is 1.83. The Bertz CT molecular complexity index is 533. The highest BCUT2D eigenvalue weighted by Gasteiger charge is 2.22. The number of benzene rings is 1. The van der Waals surface area contributed by atoms with Gasteiger partial charge in [0.25, 0.3) is 0 Å². The minimum Gasteiger partial charge on any atom is -0.388 e. The van der Waals surface area contributed by atoms with E-state index in [-0.39, 0.29) is 16.5 Å². The van der Waals surface area contributed by atoms with Crippen LogP contribution < -0.4 is 0 Å². The number of rotatable bonds is 3. The summed E-state index contributed by atoms with van der Waals surface area (Å²) >= 11 is 5.71. The van der Waals surface area contributed by atoms with E-state index in [0.717, 1.165) is 0 Å². The van der Waals surface area contributed by atoms with Crippen molar-refractivity contribution in [2.45, 2.75) is 18.9 Å². The predicted molar refractivity (Wildman–Crippen MR) is 69.0 cm³/mol. The minimum atomic E-state index is -0.974. The number of nitrogens with zero attached hydrogens (tertiary/aromatic N) is 1. The van der Waals surface area contributed by atoms with Gasteiger partial charge in [0.1, 0.15) is 5.82 Å². The third-order valence-electron chi connectivity index (χ3n) is 2.93. The van der Waals surface area contributed by atoms with E-state index in [1.165, 1.54) is 12.1 Å². The smallest absolute Gasteiger partial charge is 0.147 e. The van der Waals surface area contributed by atoms with E-state index >= 15 is 0 Å². The van der Waals surface area contributed by atoms with Gasteiger partial charge >= 0.3 is 0 Å². The minimum absolute atomic E-state index is 0.0137. The van der Waals surface area contributed by atoms with Crippen molar-refractivity contribution in [3.63, 3.8) is 0 Å². The second-order valence-electron chi connectivity index (χ2n) is 4.13. The zero-order valence-electron chi connectivity index (χ0n) is 9.85. The lowest BCUT2D eigenvalue weighted by molar-refractivity contribution is 0.145. The highest BCUT2D eigenvalue weighted by atomic mass is 35.5. The zero-order chi connectivity index (χ0) is 13.1. The summed E-state index contributed by atoms with van der Waals surface area (Å²) in [6.07, 6.45) is 0.672. The molecular formula is C14H13ClFNO. The zero-order valence-corrected chi connectivity index (χ0v) is 10.6. The number of aliphatic hydroxyl groups is 1. The summed E-state index contributed by atoms with van der Waals surface area (Å²) in [7, 11) is 0. The van der Waals surface area contributed by atoms with Crippen LogP contribution in [0.1, 0.15) is 30.2 Å². The Morgan fingerprint density at radius 2 is 2.00 bits per heavy atom. The molecule has 2 unspecified atom stereocenters. The monoisotopic (exact) mass is 265 g/mol. The van der Waals surface area contributed by atoms with E-state index in [0.29, 0.717) is 5.69 Å². The second kappa shape index (κ2) is 5.46. The summed E-state index contributed by atoms with van der Waals surface area (Å²) in [4.78, 5) is 4.16. The largest absolute Gasteiger partial charge is 0.388 e. The molecule has 1 N–H and O–H groups in total. The maximum absolute atomic E-state index is 13.8. The molecule has 0 saturated carbocycles. The number of aliphatic hydroxyl groups excluding tert-OH is 1. The molecule has 1 heterocycles. The lowest BCUT2D eigenvalue weighted by atomic mass is 9.94. The van der Waals surface area contributed by atoms with E-state index in [2.05, 4.69) is 4.98 Å². The van der Waals surface area contributed by atoms with Gasteiger partial charge in [-0.2, -0.15) is 0 Å². The van der Waals surface area contributed by atoms with Crippen LogP contribution in [0.3, 0.4) is 0 Å². The Balaban J connectivity index is 2.31. The molecule has 0 saturated heterocycles. The Labute approximate surface area is 110 Å². The molecule has 0 bridgehead atoms. The van der Waals surface area contributed by atoms with Crippen molar-refractivity contribution in [2.75, 3.05) is 0 Å². The lowest BCUT2D eigenvalue weighted by Gasteiger charge is -2.19. The van der Waals surface area contributed by atoms with Crippen LogP contribution in [0.25, 0.3) is 0 Å². The van der Waals surface area contributed by atoms with E-state index in [1.54, 1.807) is 31.3 Å². The average molecular weight is 266 g/mol. The van der Waals surface area contributed by atoms with Crippen molar-refractivity contribution in [2.24, 2.45) is 0 Å². The van der Waals surface area contributed by atoms with Gasteiger partial charge in [-0.3, -0.25) is 4.98 Å². The molecule has 4 heteroatoms. The first-order valence-electron chi connectivity index (χ1n) is 5.64. The first-order chi connectivity index (χ1) is 8.61. The van der Waals surface area contributed by atoms with Crippen LogP contribution >= 0.6 is 11.6 Å². The van der Waals surface area contributed by atoms with E-state index in [4.69, 9.17) is 11.6 Å². The fourth-order valence-corrected chi connectivity index (χ4v) is 2.01. The van der Waals surface area contributed by atoms with Crippen LogP contribution in [0.2, 0.25) is 5.02 Å². The van der Waals surface area contributed by atoms with Crippen molar-refractivity contribution in [1.82, 2.24) is 4.98 Å². The first-order valence-corrected chi connectivity index (χ1v) is 6.02. The van der Waals surface area contributed by atoms with E-state index in [1.807, 2.05) is 6.07 Å². The molecule has 2 nitrogen and oxygen atoms in total. The molecule has 0 aliphatic rings. The van der Waals surface area contributed by atoms with Crippen molar-refractivity contribution in [3.8, 4) is 0 Å². The van der Waals surface area contributed by atoms with Crippen molar-refractivity contribution in [1.29, 1.82) is 0 Å². The SMILES string of the molecule is CC(c1ccccn1)C(O)c1cccc(Cl)c1F. The molecule has 0 fully saturated rings. The van der Waals surface area contributed by atoms with Gasteiger partial charge < -0.3 is 5.11 Å². The molecule has 2 atom stereocenters. The Hall–Kier alpha value is -1.45. The van der Waals surface area contributed by atoms with Gasteiger partial charge in [-0.15, -0.1) is 0 Å². The van der Waals surface area contributed by atoms with Crippen LogP contribution in [-0.4, -0.2) is 10.1 Å². The quantitative estimate of drug-likeness (QED) is 0.918. The van der Waals surface area contributed by atoms with Gasteiger partial charge in [0.15, 0.2) is 0 Å². The molecule has 0 spiro atoms. The topological polar surface area (TPSA) is 33.1 Å². The van der Waals surface area contributed by atoms with Gasteiger partial charge in [-0.25, -0.2) is 4.39 Å². The number of hydrogen-bond donors (Lipinski definition) is 1. The maximum Gasteiger partial charge on any atom is 0.147 e. The number of halogens is 2. The molecule has 0 radical (unpaired) electrons. The van der Waals surface area contributed by atoms with Gasteiger partial charge in [0.05, 0.1) is 11.1 Å². The van der Waals surface area contributed by atoms with Gasteiger partial charge in [0.2, 0.25) is 0 Å². The standard InChI is InChI=1S/C14H13ClFNO/c1-9(12-7-2-3-8-17-12)14(18)10-5-4-6-11(15)13(10)16/h2-9,14,18H,1H3. The second-order valence-corrected chi connectivity index (χ2v) is 4.54. The third kappa shape index (κ3) is 2.52. The predicted octanol–water partition coefficient (Wildman–Crippen LogP) is 3.71.